The first-order valence-corrected chi connectivity index (χ1v) is 9.60. The van der Waals surface area contributed by atoms with Gasteiger partial charge in [0.1, 0.15) is 11.9 Å². The van der Waals surface area contributed by atoms with Crippen LogP contribution in [0.3, 0.4) is 0 Å². The third kappa shape index (κ3) is 3.38. The van der Waals surface area contributed by atoms with E-state index in [4.69, 9.17) is 16.3 Å². The van der Waals surface area contributed by atoms with Crippen LogP contribution in [-0.4, -0.2) is 40.8 Å². The van der Waals surface area contributed by atoms with E-state index in [-0.39, 0.29) is 11.8 Å². The second-order valence-corrected chi connectivity index (χ2v) is 6.81. The molecule has 5 nitrogen and oxygen atoms in total. The van der Waals surface area contributed by atoms with Crippen LogP contribution in [-0.2, 0) is 20.7 Å². The monoisotopic (exact) mass is 398 g/mol. The van der Waals surface area contributed by atoms with E-state index in [1.165, 1.54) is 12.0 Å². The average molecular weight is 399 g/mol. The zero-order chi connectivity index (χ0) is 20.3. The van der Waals surface area contributed by atoms with Crippen LogP contribution in [0.5, 0.6) is 0 Å². The predicted octanol–water partition coefficient (Wildman–Crippen LogP) is 4.06. The number of ether oxygens (including phenoxy) is 1. The number of carbonyl (C=O) groups excluding carboxylic acids is 2. The SMILES string of the molecule is C=C/C=C(\C=C/C)C1c2[nH]c3ccccc3c2CC(C(=O)OC)N1C(=O)CCl. The average Bonchev–Trinajstić information content (AvgIpc) is 3.09. The van der Waals surface area contributed by atoms with Crippen molar-refractivity contribution >= 4 is 34.4 Å². The number of hydrogen-bond donors (Lipinski definition) is 1. The maximum atomic E-state index is 12.8. The molecule has 6 heteroatoms. The minimum absolute atomic E-state index is 0.225. The van der Waals surface area contributed by atoms with Gasteiger partial charge in [0.2, 0.25) is 5.91 Å². The molecule has 2 unspecified atom stereocenters. The van der Waals surface area contributed by atoms with E-state index in [1.54, 1.807) is 6.08 Å². The fraction of sp³-hybridized carbons (Fsp3) is 0.273. The Hall–Kier alpha value is -2.79. The van der Waals surface area contributed by atoms with E-state index in [2.05, 4.69) is 11.6 Å². The Balaban J connectivity index is 2.32. The number of amides is 1. The highest BCUT2D eigenvalue weighted by atomic mass is 35.5. The number of esters is 1. The molecule has 1 aromatic carbocycles. The van der Waals surface area contributed by atoms with Gasteiger partial charge in [0.05, 0.1) is 13.2 Å². The van der Waals surface area contributed by atoms with Gasteiger partial charge in [-0.05, 0) is 24.1 Å². The summed E-state index contributed by atoms with van der Waals surface area (Å²) in [5.74, 6) is -1.01. The minimum Gasteiger partial charge on any atom is -0.467 e. The third-order valence-corrected chi connectivity index (χ3v) is 5.22. The number of fused-ring (bicyclic) bond motifs is 3. The lowest BCUT2D eigenvalue weighted by Crippen LogP contribution is -2.52. The second-order valence-electron chi connectivity index (χ2n) is 6.55. The molecule has 0 aliphatic carbocycles. The molecule has 1 N–H and O–H groups in total. The molecule has 0 saturated carbocycles. The quantitative estimate of drug-likeness (QED) is 0.469. The van der Waals surface area contributed by atoms with Crippen molar-refractivity contribution in [2.45, 2.75) is 25.4 Å². The lowest BCUT2D eigenvalue weighted by molar-refractivity contribution is -0.154. The summed E-state index contributed by atoms with van der Waals surface area (Å²) in [5, 5.41) is 1.04. The number of aromatic amines is 1. The number of carbonyl (C=O) groups is 2. The van der Waals surface area contributed by atoms with Crippen LogP contribution >= 0.6 is 11.6 Å². The summed E-state index contributed by atoms with van der Waals surface area (Å²) in [6.07, 6.45) is 7.68. The topological polar surface area (TPSA) is 62.4 Å². The van der Waals surface area contributed by atoms with Crippen molar-refractivity contribution in [1.29, 1.82) is 0 Å². The molecular weight excluding hydrogens is 376 g/mol. The van der Waals surface area contributed by atoms with Gasteiger partial charge in [-0.15, -0.1) is 11.6 Å². The van der Waals surface area contributed by atoms with E-state index in [1.807, 2.05) is 49.4 Å². The van der Waals surface area contributed by atoms with Gasteiger partial charge in [0, 0.05) is 23.0 Å². The zero-order valence-electron chi connectivity index (χ0n) is 15.9. The molecule has 0 spiro atoms. The fourth-order valence-corrected chi connectivity index (χ4v) is 4.04. The molecule has 0 bridgehead atoms. The molecular formula is C22H23ClN2O3. The molecule has 146 valence electrons. The largest absolute Gasteiger partial charge is 0.467 e. The summed E-state index contributed by atoms with van der Waals surface area (Å²) in [6, 6.07) is 6.65. The smallest absolute Gasteiger partial charge is 0.328 e. The lowest BCUT2D eigenvalue weighted by Gasteiger charge is -2.41. The lowest BCUT2D eigenvalue weighted by atomic mass is 9.87. The fourth-order valence-electron chi connectivity index (χ4n) is 3.90. The molecule has 1 aliphatic heterocycles. The van der Waals surface area contributed by atoms with Crippen LogP contribution < -0.4 is 0 Å². The summed E-state index contributed by atoms with van der Waals surface area (Å²) in [7, 11) is 1.33. The summed E-state index contributed by atoms with van der Waals surface area (Å²) in [5.41, 5.74) is 3.68. The number of rotatable bonds is 5. The van der Waals surface area contributed by atoms with Crippen molar-refractivity contribution in [2.24, 2.45) is 0 Å². The number of hydrogen-bond acceptors (Lipinski definition) is 3. The van der Waals surface area contributed by atoms with Gasteiger partial charge in [-0.1, -0.05) is 49.1 Å². The summed E-state index contributed by atoms with van der Waals surface area (Å²) >= 11 is 5.92. The minimum atomic E-state index is -0.758. The molecule has 0 radical (unpaired) electrons. The maximum Gasteiger partial charge on any atom is 0.328 e. The van der Waals surface area contributed by atoms with Gasteiger partial charge in [-0.3, -0.25) is 4.79 Å². The van der Waals surface area contributed by atoms with E-state index >= 15 is 0 Å². The molecule has 2 atom stereocenters. The van der Waals surface area contributed by atoms with Gasteiger partial charge in [-0.25, -0.2) is 4.79 Å². The summed E-state index contributed by atoms with van der Waals surface area (Å²) in [6.45, 7) is 5.70. The summed E-state index contributed by atoms with van der Waals surface area (Å²) < 4.78 is 5.02. The number of methoxy groups -OCH3 is 1. The van der Waals surface area contributed by atoms with Gasteiger partial charge in [0.15, 0.2) is 0 Å². The number of H-pyrrole nitrogens is 1. The van der Waals surface area contributed by atoms with Gasteiger partial charge in [0.25, 0.3) is 0 Å². The maximum absolute atomic E-state index is 12.8. The highest BCUT2D eigenvalue weighted by Crippen LogP contribution is 2.41. The van der Waals surface area contributed by atoms with Crippen LogP contribution in [0.25, 0.3) is 10.9 Å². The Kier molecular flexibility index (Phi) is 6.05. The molecule has 0 fully saturated rings. The van der Waals surface area contributed by atoms with Crippen molar-refractivity contribution in [2.75, 3.05) is 13.0 Å². The standard InChI is InChI=1S/C22H23ClN2O3/c1-4-8-14(9-5-2)21-20-16(15-10-6-7-11-17(15)24-20)12-18(22(27)28-3)25(21)19(26)13-23/h4-11,18,21,24H,1,12-13H2,2-3H3/b9-5-,14-8+. The van der Waals surface area contributed by atoms with Crippen molar-refractivity contribution < 1.29 is 14.3 Å². The third-order valence-electron chi connectivity index (χ3n) is 4.99. The van der Waals surface area contributed by atoms with Gasteiger partial charge < -0.3 is 14.6 Å². The normalized spacial score (nSPS) is 19.7. The second kappa shape index (κ2) is 8.48. The predicted molar refractivity (Wildman–Crippen MR) is 111 cm³/mol. The number of alkyl halides is 1. The Bertz CT molecular complexity index is 973. The Morgan fingerprint density at radius 2 is 2.14 bits per heavy atom. The van der Waals surface area contributed by atoms with Crippen LogP contribution in [0.2, 0.25) is 0 Å². The molecule has 1 aromatic heterocycles. The van der Waals surface area contributed by atoms with Crippen LogP contribution in [0.15, 0.2) is 60.7 Å². The zero-order valence-corrected chi connectivity index (χ0v) is 16.7. The highest BCUT2D eigenvalue weighted by Gasteiger charge is 2.43. The van der Waals surface area contributed by atoms with E-state index in [9.17, 15) is 9.59 Å². The van der Waals surface area contributed by atoms with Crippen LogP contribution in [0, 0.1) is 0 Å². The van der Waals surface area contributed by atoms with Crippen molar-refractivity contribution in [3.8, 4) is 0 Å². The molecule has 2 heterocycles. The number of allylic oxidation sites excluding steroid dienone is 3. The number of aromatic nitrogens is 1. The Morgan fingerprint density at radius 3 is 2.79 bits per heavy atom. The van der Waals surface area contributed by atoms with E-state index in [0.29, 0.717) is 6.42 Å². The van der Waals surface area contributed by atoms with E-state index < -0.39 is 18.1 Å². The van der Waals surface area contributed by atoms with Crippen molar-refractivity contribution in [3.05, 3.63) is 72.0 Å². The van der Waals surface area contributed by atoms with Gasteiger partial charge >= 0.3 is 5.97 Å². The molecule has 3 rings (SSSR count). The Labute approximate surface area is 169 Å². The molecule has 2 aromatic rings. The Morgan fingerprint density at radius 1 is 1.39 bits per heavy atom. The molecule has 1 aliphatic rings. The number of nitrogens with zero attached hydrogens (tertiary/aromatic N) is 1. The van der Waals surface area contributed by atoms with Crippen LogP contribution in [0.4, 0.5) is 0 Å². The van der Waals surface area contributed by atoms with Crippen LogP contribution in [0.1, 0.15) is 24.2 Å². The number of nitrogens with one attached hydrogen (secondary N) is 1. The first kappa shape index (κ1) is 20.0. The van der Waals surface area contributed by atoms with Crippen molar-refractivity contribution in [3.63, 3.8) is 0 Å². The number of benzene rings is 1. The first-order chi connectivity index (χ1) is 13.6. The highest BCUT2D eigenvalue weighted by molar-refractivity contribution is 6.27. The number of halogens is 1. The molecule has 28 heavy (non-hydrogen) atoms. The molecule has 1 amide bonds. The van der Waals surface area contributed by atoms with E-state index in [0.717, 1.165) is 27.7 Å². The number of para-hydroxylation sites is 1. The molecule has 0 saturated heterocycles. The van der Waals surface area contributed by atoms with Gasteiger partial charge in [-0.2, -0.15) is 0 Å². The van der Waals surface area contributed by atoms with Crippen molar-refractivity contribution in [1.82, 2.24) is 9.88 Å². The summed E-state index contributed by atoms with van der Waals surface area (Å²) in [4.78, 5) is 30.4. The first-order valence-electron chi connectivity index (χ1n) is 9.07.